The number of aromatic nitrogens is 2. The molecule has 1 unspecified atom stereocenters. The van der Waals surface area contributed by atoms with Crippen LogP contribution >= 0.6 is 11.5 Å². The fourth-order valence-corrected chi connectivity index (χ4v) is 2.84. The smallest absolute Gasteiger partial charge is 0.323 e. The Balaban J connectivity index is 2.12. The molecule has 1 heterocycles. The van der Waals surface area contributed by atoms with Crippen molar-refractivity contribution in [2.24, 2.45) is 5.73 Å². The summed E-state index contributed by atoms with van der Waals surface area (Å²) in [7, 11) is 0. The molecular weight excluding hydrogens is 299 g/mol. The number of hydrogen-bond donors (Lipinski definition) is 1. The van der Waals surface area contributed by atoms with Gasteiger partial charge in [-0.3, -0.25) is 0 Å². The topological polar surface area (TPSA) is 51.8 Å². The van der Waals surface area contributed by atoms with Gasteiger partial charge in [-0.25, -0.2) is 0 Å². The van der Waals surface area contributed by atoms with Gasteiger partial charge in [0.15, 0.2) is 0 Å². The number of benzene rings is 1. The molecule has 0 aliphatic carbocycles. The van der Waals surface area contributed by atoms with Crippen LogP contribution in [0, 0.1) is 0 Å². The van der Waals surface area contributed by atoms with E-state index in [0.29, 0.717) is 6.42 Å². The molecule has 114 valence electrons. The van der Waals surface area contributed by atoms with Crippen LogP contribution in [0.5, 0.6) is 0 Å². The highest BCUT2D eigenvalue weighted by Gasteiger charge is 2.30. The number of hydrogen-bond acceptors (Lipinski definition) is 4. The highest BCUT2D eigenvalue weighted by atomic mass is 32.1. The zero-order valence-corrected chi connectivity index (χ0v) is 12.5. The molecule has 1 atom stereocenters. The second-order valence-corrected chi connectivity index (χ2v) is 5.97. The average molecular weight is 315 g/mol. The molecular formula is C14H16F3N3S. The second-order valence-electron chi connectivity index (χ2n) is 5.18. The summed E-state index contributed by atoms with van der Waals surface area (Å²) in [5.74, 6) is 0.220. The predicted molar refractivity (Wildman–Crippen MR) is 76.1 cm³/mol. The van der Waals surface area contributed by atoms with Crippen molar-refractivity contribution in [3.05, 3.63) is 46.0 Å². The first-order valence-corrected chi connectivity index (χ1v) is 7.30. The average Bonchev–Trinajstić information content (AvgIpc) is 2.87. The molecule has 7 heteroatoms. The molecule has 0 aliphatic heterocycles. The van der Waals surface area contributed by atoms with Gasteiger partial charge in [-0.05, 0) is 41.6 Å². The maximum atomic E-state index is 12.5. The van der Waals surface area contributed by atoms with Crippen molar-refractivity contribution in [2.45, 2.75) is 38.4 Å². The third-order valence-electron chi connectivity index (χ3n) is 3.16. The van der Waals surface area contributed by atoms with Crippen LogP contribution in [0.4, 0.5) is 13.2 Å². The molecule has 1 aromatic heterocycles. The molecule has 0 bridgehead atoms. The van der Waals surface area contributed by atoms with Crippen molar-refractivity contribution >= 4 is 11.5 Å². The van der Waals surface area contributed by atoms with Crippen LogP contribution in [0.15, 0.2) is 24.3 Å². The Morgan fingerprint density at radius 1 is 1.19 bits per heavy atom. The first-order chi connectivity index (χ1) is 9.79. The van der Waals surface area contributed by atoms with E-state index in [0.717, 1.165) is 28.3 Å². The van der Waals surface area contributed by atoms with Crippen LogP contribution in [0.25, 0.3) is 0 Å². The maximum Gasteiger partial charge on any atom is 0.416 e. The van der Waals surface area contributed by atoms with Gasteiger partial charge >= 0.3 is 6.18 Å². The minimum atomic E-state index is -4.31. The summed E-state index contributed by atoms with van der Waals surface area (Å²) >= 11 is 1.25. The van der Waals surface area contributed by atoms with Crippen LogP contribution < -0.4 is 5.73 Å². The van der Waals surface area contributed by atoms with Crippen LogP contribution in [0.3, 0.4) is 0 Å². The first-order valence-electron chi connectivity index (χ1n) is 6.53. The minimum absolute atomic E-state index is 0.220. The largest absolute Gasteiger partial charge is 0.416 e. The maximum absolute atomic E-state index is 12.5. The summed E-state index contributed by atoms with van der Waals surface area (Å²) in [5, 5.41) is 4.06. The van der Waals surface area contributed by atoms with Gasteiger partial charge in [0, 0.05) is 6.04 Å². The monoisotopic (exact) mass is 315 g/mol. The van der Waals surface area contributed by atoms with Crippen LogP contribution in [-0.2, 0) is 12.6 Å². The molecule has 0 saturated carbocycles. The highest BCUT2D eigenvalue weighted by molar-refractivity contribution is 7.05. The van der Waals surface area contributed by atoms with Crippen LogP contribution in [0.1, 0.15) is 47.5 Å². The van der Waals surface area contributed by atoms with Crippen molar-refractivity contribution in [2.75, 3.05) is 0 Å². The van der Waals surface area contributed by atoms with E-state index in [4.69, 9.17) is 5.73 Å². The van der Waals surface area contributed by atoms with E-state index in [1.54, 1.807) is 0 Å². The number of nitrogens with two attached hydrogens (primary N) is 1. The lowest BCUT2D eigenvalue weighted by molar-refractivity contribution is -0.137. The lowest BCUT2D eigenvalue weighted by Gasteiger charge is -2.13. The van der Waals surface area contributed by atoms with E-state index in [9.17, 15) is 13.2 Å². The molecule has 3 nitrogen and oxygen atoms in total. The Morgan fingerprint density at radius 3 is 2.33 bits per heavy atom. The Labute approximate surface area is 125 Å². The second kappa shape index (κ2) is 6.11. The van der Waals surface area contributed by atoms with E-state index in [2.05, 4.69) is 9.59 Å². The molecule has 0 amide bonds. The van der Waals surface area contributed by atoms with Gasteiger partial charge < -0.3 is 5.73 Å². The van der Waals surface area contributed by atoms with Crippen molar-refractivity contribution in [1.82, 2.24) is 9.59 Å². The predicted octanol–water partition coefficient (Wildman–Crippen LogP) is 3.92. The van der Waals surface area contributed by atoms with Gasteiger partial charge in [0.1, 0.15) is 0 Å². The fraction of sp³-hybridized carbons (Fsp3) is 0.429. The first kappa shape index (κ1) is 15.9. The Hall–Kier alpha value is -1.47. The molecule has 1 aromatic carbocycles. The lowest BCUT2D eigenvalue weighted by Crippen LogP contribution is -2.14. The minimum Gasteiger partial charge on any atom is -0.323 e. The van der Waals surface area contributed by atoms with Crippen molar-refractivity contribution < 1.29 is 13.2 Å². The van der Waals surface area contributed by atoms with Gasteiger partial charge in [-0.15, -0.1) is 5.10 Å². The highest BCUT2D eigenvalue weighted by Crippen LogP contribution is 2.30. The summed E-state index contributed by atoms with van der Waals surface area (Å²) < 4.78 is 41.4. The third kappa shape index (κ3) is 3.79. The molecule has 2 aromatic rings. The summed E-state index contributed by atoms with van der Waals surface area (Å²) in [4.78, 5) is 0.893. The quantitative estimate of drug-likeness (QED) is 0.930. The Kier molecular flexibility index (Phi) is 4.63. The van der Waals surface area contributed by atoms with Crippen molar-refractivity contribution in [3.8, 4) is 0 Å². The number of rotatable bonds is 4. The summed E-state index contributed by atoms with van der Waals surface area (Å²) in [5.41, 5.74) is 7.11. The zero-order valence-electron chi connectivity index (χ0n) is 11.7. The Bertz CT molecular complexity index is 590. The van der Waals surface area contributed by atoms with E-state index < -0.39 is 11.7 Å². The van der Waals surface area contributed by atoms with E-state index in [1.165, 1.54) is 23.7 Å². The van der Waals surface area contributed by atoms with E-state index >= 15 is 0 Å². The van der Waals surface area contributed by atoms with Crippen molar-refractivity contribution in [1.29, 1.82) is 0 Å². The molecule has 0 radical (unpaired) electrons. The third-order valence-corrected chi connectivity index (χ3v) is 4.03. The molecule has 0 saturated heterocycles. The number of nitrogens with zero attached hydrogens (tertiary/aromatic N) is 2. The van der Waals surface area contributed by atoms with Crippen molar-refractivity contribution in [3.63, 3.8) is 0 Å². The lowest BCUT2D eigenvalue weighted by atomic mass is 10.00. The Morgan fingerprint density at radius 2 is 1.81 bits per heavy atom. The molecule has 2 N–H and O–H groups in total. The zero-order chi connectivity index (χ0) is 15.6. The standard InChI is InChI=1S/C14H16F3N3S/c1-8(2)12-13(21-20-19-12)11(18)7-9-3-5-10(6-4-9)14(15,16)17/h3-6,8,11H,7,18H2,1-2H3. The van der Waals surface area contributed by atoms with E-state index in [1.807, 2.05) is 13.8 Å². The number of alkyl halides is 3. The summed E-state index contributed by atoms with van der Waals surface area (Å²) in [6.45, 7) is 4.01. The summed E-state index contributed by atoms with van der Waals surface area (Å²) in [6, 6.07) is 4.78. The molecule has 0 spiro atoms. The number of halogens is 3. The van der Waals surface area contributed by atoms with Gasteiger partial charge in [0.05, 0.1) is 16.1 Å². The van der Waals surface area contributed by atoms with Gasteiger partial charge in [-0.2, -0.15) is 13.2 Å². The fourth-order valence-electron chi connectivity index (χ4n) is 2.04. The van der Waals surface area contributed by atoms with Crippen LogP contribution in [0.2, 0.25) is 0 Å². The van der Waals surface area contributed by atoms with Gasteiger partial charge in [0.2, 0.25) is 0 Å². The van der Waals surface area contributed by atoms with Gasteiger partial charge in [0.25, 0.3) is 0 Å². The van der Waals surface area contributed by atoms with Gasteiger partial charge in [-0.1, -0.05) is 30.5 Å². The van der Waals surface area contributed by atoms with Crippen LogP contribution in [-0.4, -0.2) is 9.59 Å². The summed E-state index contributed by atoms with van der Waals surface area (Å²) in [6.07, 6.45) is -3.85. The molecule has 2 rings (SSSR count). The molecule has 0 aliphatic rings. The van der Waals surface area contributed by atoms with E-state index in [-0.39, 0.29) is 12.0 Å². The SMILES string of the molecule is CC(C)c1nnsc1C(N)Cc1ccc(C(F)(F)F)cc1. The normalized spacial score (nSPS) is 13.7. The molecule has 0 fully saturated rings. The molecule has 21 heavy (non-hydrogen) atoms.